The minimum atomic E-state index is -0.642. The molecular weight excluding hydrogens is 340 g/mol. The minimum absolute atomic E-state index is 0.0263. The molecular formula is C20H30N6O. The van der Waals surface area contributed by atoms with Crippen LogP contribution in [0.3, 0.4) is 0 Å². The van der Waals surface area contributed by atoms with Crippen molar-refractivity contribution in [3.05, 3.63) is 42.1 Å². The number of nitrogens with zero attached hydrogens (tertiary/aromatic N) is 2. The molecule has 27 heavy (non-hydrogen) atoms. The average molecular weight is 371 g/mol. The average Bonchev–Trinajstić information content (AvgIpc) is 2.63. The molecule has 0 aliphatic heterocycles. The van der Waals surface area contributed by atoms with E-state index in [0.717, 1.165) is 24.9 Å². The van der Waals surface area contributed by atoms with Gasteiger partial charge in [0.25, 0.3) is 5.91 Å². The zero-order valence-electron chi connectivity index (χ0n) is 16.1. The number of benzene rings is 1. The Kier molecular flexibility index (Phi) is 7.55. The number of hydrogen-bond donors (Lipinski definition) is 4. The number of amides is 1. The molecule has 7 nitrogen and oxygen atoms in total. The zero-order valence-corrected chi connectivity index (χ0v) is 16.1. The van der Waals surface area contributed by atoms with E-state index in [1.807, 2.05) is 30.3 Å². The molecule has 2 rings (SSSR count). The molecule has 1 aliphatic carbocycles. The van der Waals surface area contributed by atoms with E-state index in [4.69, 9.17) is 11.1 Å². The van der Waals surface area contributed by atoms with Crippen LogP contribution in [0, 0.1) is 11.3 Å². The van der Waals surface area contributed by atoms with Crippen LogP contribution >= 0.6 is 0 Å². The normalized spacial score (nSPS) is 22.9. The van der Waals surface area contributed by atoms with E-state index in [1.54, 1.807) is 6.20 Å². The fraction of sp³-hybridized carbons (Fsp3) is 0.450. The molecule has 1 aromatic carbocycles. The molecule has 0 saturated heterocycles. The molecule has 3 atom stereocenters. The number of rotatable bonds is 8. The van der Waals surface area contributed by atoms with Crippen molar-refractivity contribution in [2.24, 2.45) is 16.6 Å². The molecule has 7 heteroatoms. The number of aliphatic imine (C=N–C) groups is 1. The molecule has 0 bridgehead atoms. The quantitative estimate of drug-likeness (QED) is 0.318. The van der Waals surface area contributed by atoms with E-state index >= 15 is 0 Å². The molecule has 1 unspecified atom stereocenters. The molecule has 1 aromatic rings. The molecule has 5 N–H and O–H groups in total. The minimum Gasteiger partial charge on any atom is -0.387 e. The lowest BCUT2D eigenvalue weighted by Gasteiger charge is -2.38. The lowest BCUT2D eigenvalue weighted by molar-refractivity contribution is -0.114. The standard InChI is InChI=1S/C20H30N6O/c1-23-12-14-11-16(26(2)3)9-10-18(14)24-13-17(20(22)27)19(21)25-15-7-5-4-6-8-15/h4-8,13-14,16,18,24H,1,9-12H2,2-3H3,(H2,21,25)(H2,22,27)/b17-13+/t14?,16-,18-/m0/s1. The Morgan fingerprint density at radius 3 is 2.67 bits per heavy atom. The number of anilines is 1. The Labute approximate surface area is 161 Å². The highest BCUT2D eigenvalue weighted by atomic mass is 16.1. The number of carbonyl (C=O) groups excluding carboxylic acids is 1. The highest BCUT2D eigenvalue weighted by Crippen LogP contribution is 2.27. The summed E-state index contributed by atoms with van der Waals surface area (Å²) in [4.78, 5) is 18.2. The van der Waals surface area contributed by atoms with E-state index in [0.29, 0.717) is 18.5 Å². The lowest BCUT2D eigenvalue weighted by atomic mass is 9.81. The Bertz CT molecular complexity index is 685. The van der Waals surface area contributed by atoms with Crippen molar-refractivity contribution in [2.45, 2.75) is 31.3 Å². The molecule has 0 spiro atoms. The van der Waals surface area contributed by atoms with E-state index in [9.17, 15) is 4.79 Å². The van der Waals surface area contributed by atoms with Crippen molar-refractivity contribution in [1.82, 2.24) is 10.2 Å². The SMILES string of the molecule is C=NCC1C[C@@H](N(C)C)CC[C@@H]1N/C=C(\C(=N)Nc1ccccc1)C(N)=O. The van der Waals surface area contributed by atoms with Crippen molar-refractivity contribution >= 4 is 24.1 Å². The first-order chi connectivity index (χ1) is 12.9. The van der Waals surface area contributed by atoms with E-state index in [1.165, 1.54) is 0 Å². The van der Waals surface area contributed by atoms with Gasteiger partial charge in [-0.05, 0) is 58.1 Å². The van der Waals surface area contributed by atoms with Crippen molar-refractivity contribution in [2.75, 3.05) is 26.0 Å². The van der Waals surface area contributed by atoms with Crippen molar-refractivity contribution in [1.29, 1.82) is 5.41 Å². The third-order valence-electron chi connectivity index (χ3n) is 5.07. The van der Waals surface area contributed by atoms with Crippen LogP contribution in [-0.4, -0.2) is 56.1 Å². The van der Waals surface area contributed by atoms with Crippen LogP contribution in [0.25, 0.3) is 0 Å². The molecule has 1 amide bonds. The zero-order chi connectivity index (χ0) is 19.8. The number of carbonyl (C=O) groups is 1. The number of nitrogens with two attached hydrogens (primary N) is 1. The van der Waals surface area contributed by atoms with Gasteiger partial charge in [-0.25, -0.2) is 0 Å². The summed E-state index contributed by atoms with van der Waals surface area (Å²) in [7, 11) is 4.19. The van der Waals surface area contributed by atoms with Crippen LogP contribution in [0.4, 0.5) is 5.69 Å². The van der Waals surface area contributed by atoms with E-state index < -0.39 is 5.91 Å². The Morgan fingerprint density at radius 1 is 1.37 bits per heavy atom. The topological polar surface area (TPSA) is 107 Å². The largest absolute Gasteiger partial charge is 0.387 e. The monoisotopic (exact) mass is 370 g/mol. The second-order valence-electron chi connectivity index (χ2n) is 7.16. The number of para-hydroxylation sites is 1. The molecule has 1 fully saturated rings. The van der Waals surface area contributed by atoms with Gasteiger partial charge in [-0.2, -0.15) is 0 Å². The van der Waals surface area contributed by atoms with Crippen LogP contribution < -0.4 is 16.4 Å². The van der Waals surface area contributed by atoms with Gasteiger partial charge in [0.15, 0.2) is 0 Å². The van der Waals surface area contributed by atoms with Gasteiger partial charge in [0.2, 0.25) is 0 Å². The summed E-state index contributed by atoms with van der Waals surface area (Å²) in [6, 6.07) is 9.95. The van der Waals surface area contributed by atoms with Crippen molar-refractivity contribution in [3.63, 3.8) is 0 Å². The number of hydrogen-bond acceptors (Lipinski definition) is 5. The number of primary amides is 1. The summed E-state index contributed by atoms with van der Waals surface area (Å²) in [5, 5.41) is 14.4. The summed E-state index contributed by atoms with van der Waals surface area (Å²) in [5.41, 5.74) is 6.35. The van der Waals surface area contributed by atoms with Gasteiger partial charge in [-0.1, -0.05) is 18.2 Å². The highest BCUT2D eigenvalue weighted by Gasteiger charge is 2.30. The second-order valence-corrected chi connectivity index (χ2v) is 7.16. The molecule has 1 aliphatic rings. The lowest BCUT2D eigenvalue weighted by Crippen LogP contribution is -2.45. The van der Waals surface area contributed by atoms with Gasteiger partial charge in [0.1, 0.15) is 5.84 Å². The molecule has 146 valence electrons. The maximum Gasteiger partial charge on any atom is 0.253 e. The molecule has 0 heterocycles. The van der Waals surface area contributed by atoms with Gasteiger partial charge in [0, 0.05) is 30.5 Å². The summed E-state index contributed by atoms with van der Waals surface area (Å²) < 4.78 is 0. The fourth-order valence-electron chi connectivity index (χ4n) is 3.49. The molecule has 0 aromatic heterocycles. The number of amidine groups is 1. The molecule has 1 saturated carbocycles. The van der Waals surface area contributed by atoms with E-state index in [2.05, 4.69) is 41.3 Å². The van der Waals surface area contributed by atoms with Crippen LogP contribution in [0.2, 0.25) is 0 Å². The summed E-state index contributed by atoms with van der Waals surface area (Å²) in [6.07, 6.45) is 4.61. The van der Waals surface area contributed by atoms with Crippen LogP contribution in [-0.2, 0) is 4.79 Å². The van der Waals surface area contributed by atoms with Crippen molar-refractivity contribution < 1.29 is 4.79 Å². The Hall–Kier alpha value is -2.67. The maximum atomic E-state index is 11.9. The van der Waals surface area contributed by atoms with Gasteiger partial charge in [-0.15, -0.1) is 0 Å². The smallest absolute Gasteiger partial charge is 0.253 e. The summed E-state index contributed by atoms with van der Waals surface area (Å²) in [6.45, 7) is 4.30. The fourth-order valence-corrected chi connectivity index (χ4v) is 3.49. The Morgan fingerprint density at radius 2 is 2.07 bits per heavy atom. The van der Waals surface area contributed by atoms with Gasteiger partial charge in [0.05, 0.1) is 5.57 Å². The third kappa shape index (κ3) is 5.92. The second kappa shape index (κ2) is 9.87. The van der Waals surface area contributed by atoms with Gasteiger partial charge in [-0.3, -0.25) is 10.2 Å². The van der Waals surface area contributed by atoms with Gasteiger partial charge >= 0.3 is 0 Å². The first-order valence-corrected chi connectivity index (χ1v) is 9.18. The maximum absolute atomic E-state index is 11.9. The predicted octanol–water partition coefficient (Wildman–Crippen LogP) is 1.83. The van der Waals surface area contributed by atoms with Crippen LogP contribution in [0.5, 0.6) is 0 Å². The predicted molar refractivity (Wildman–Crippen MR) is 111 cm³/mol. The summed E-state index contributed by atoms with van der Waals surface area (Å²) >= 11 is 0. The third-order valence-corrected chi connectivity index (χ3v) is 5.07. The van der Waals surface area contributed by atoms with Crippen LogP contribution in [0.15, 0.2) is 47.1 Å². The first kappa shape index (κ1) is 20.6. The summed E-state index contributed by atoms with van der Waals surface area (Å²) in [5.74, 6) is -0.344. The Balaban J connectivity index is 2.07. The van der Waals surface area contributed by atoms with Crippen molar-refractivity contribution in [3.8, 4) is 0 Å². The van der Waals surface area contributed by atoms with E-state index in [-0.39, 0.29) is 17.5 Å². The molecule has 0 radical (unpaired) electrons. The first-order valence-electron chi connectivity index (χ1n) is 9.18. The van der Waals surface area contributed by atoms with Gasteiger partial charge < -0.3 is 26.3 Å². The van der Waals surface area contributed by atoms with Crippen LogP contribution in [0.1, 0.15) is 19.3 Å². The number of nitrogens with one attached hydrogen (secondary N) is 3. The highest BCUT2D eigenvalue weighted by molar-refractivity contribution is 6.23.